The van der Waals surface area contributed by atoms with Gasteiger partial charge < -0.3 is 4.42 Å². The third kappa shape index (κ3) is 5.55. The van der Waals surface area contributed by atoms with Crippen molar-refractivity contribution in [1.29, 1.82) is 0 Å². The third-order valence-corrected chi connectivity index (χ3v) is 12.0. The molecule has 0 amide bonds. The summed E-state index contributed by atoms with van der Waals surface area (Å²) in [5, 5.41) is 7.02. The van der Waals surface area contributed by atoms with Crippen LogP contribution < -0.4 is 0 Å². The van der Waals surface area contributed by atoms with Crippen LogP contribution in [-0.2, 0) is 0 Å². The summed E-state index contributed by atoms with van der Waals surface area (Å²) in [6.07, 6.45) is 4.22. The van der Waals surface area contributed by atoms with Crippen LogP contribution >= 0.6 is 11.3 Å². The van der Waals surface area contributed by atoms with E-state index in [0.717, 1.165) is 55.3 Å². The Morgan fingerprint density at radius 1 is 0.439 bits per heavy atom. The van der Waals surface area contributed by atoms with Crippen LogP contribution in [0.2, 0.25) is 0 Å². The molecule has 0 aliphatic carbocycles. The van der Waals surface area contributed by atoms with Gasteiger partial charge in [0, 0.05) is 53.2 Å². The number of aromatic nitrogens is 3. The van der Waals surface area contributed by atoms with Crippen LogP contribution in [0.25, 0.3) is 115 Å². The van der Waals surface area contributed by atoms with E-state index in [1.54, 1.807) is 0 Å². The summed E-state index contributed by atoms with van der Waals surface area (Å²) < 4.78 is 9.39. The molecule has 0 fully saturated rings. The number of furan rings is 1. The fraction of sp³-hybridized carbons (Fsp3) is 0.0192. The summed E-state index contributed by atoms with van der Waals surface area (Å²) in [6, 6.07) is 59.5. The SMILES string of the molecule is C/C=C\c1ccccc1-c1ccc(-c2nc(-c3ccccc3)nc(-c3ccc(-c4cccc5sc6ccc7ccccc7c6c45)c4oc5ccccc5c34)n2)cc1. The molecular formula is C52H33N3OS. The number of fused-ring (bicyclic) bond motifs is 8. The van der Waals surface area contributed by atoms with Crippen molar-refractivity contribution in [3.63, 3.8) is 0 Å². The maximum atomic E-state index is 6.86. The summed E-state index contributed by atoms with van der Waals surface area (Å²) in [4.78, 5) is 15.5. The van der Waals surface area contributed by atoms with Gasteiger partial charge in [0.15, 0.2) is 17.5 Å². The van der Waals surface area contributed by atoms with Crippen molar-refractivity contribution < 1.29 is 4.42 Å². The Labute approximate surface area is 333 Å². The summed E-state index contributed by atoms with van der Waals surface area (Å²) in [5.74, 6) is 1.82. The normalized spacial score (nSPS) is 11.9. The number of benzene rings is 8. The second kappa shape index (κ2) is 13.5. The lowest BCUT2D eigenvalue weighted by Gasteiger charge is -2.12. The summed E-state index contributed by atoms with van der Waals surface area (Å²) >= 11 is 1.84. The number of allylic oxidation sites excluding steroid dienone is 1. The van der Waals surface area contributed by atoms with Gasteiger partial charge in [-0.1, -0.05) is 152 Å². The molecule has 0 aliphatic rings. The van der Waals surface area contributed by atoms with E-state index in [2.05, 4.69) is 140 Å². The Morgan fingerprint density at radius 2 is 1.09 bits per heavy atom. The molecule has 0 saturated heterocycles. The lowest BCUT2D eigenvalue weighted by molar-refractivity contribution is 0.670. The fourth-order valence-corrected chi connectivity index (χ4v) is 9.41. The molecular weight excluding hydrogens is 715 g/mol. The Balaban J connectivity index is 1.13. The minimum Gasteiger partial charge on any atom is -0.455 e. The molecule has 0 bridgehead atoms. The quantitative estimate of drug-likeness (QED) is 0.170. The smallest absolute Gasteiger partial charge is 0.164 e. The van der Waals surface area contributed by atoms with Crippen LogP contribution in [0.4, 0.5) is 0 Å². The largest absolute Gasteiger partial charge is 0.455 e. The van der Waals surface area contributed by atoms with Gasteiger partial charge in [-0.15, -0.1) is 11.3 Å². The van der Waals surface area contributed by atoms with Crippen molar-refractivity contribution in [1.82, 2.24) is 15.0 Å². The number of rotatable bonds is 6. The minimum atomic E-state index is 0.592. The molecule has 3 aromatic heterocycles. The zero-order chi connectivity index (χ0) is 37.9. The van der Waals surface area contributed by atoms with Gasteiger partial charge in [-0.05, 0) is 70.3 Å². The molecule has 4 nitrogen and oxygen atoms in total. The molecule has 0 unspecified atom stereocenters. The fourth-order valence-electron chi connectivity index (χ4n) is 8.26. The van der Waals surface area contributed by atoms with Crippen molar-refractivity contribution >= 4 is 70.3 Å². The predicted molar refractivity (Wildman–Crippen MR) is 239 cm³/mol. The van der Waals surface area contributed by atoms with Gasteiger partial charge >= 0.3 is 0 Å². The van der Waals surface area contributed by atoms with Crippen LogP contribution in [-0.4, -0.2) is 15.0 Å². The van der Waals surface area contributed by atoms with Gasteiger partial charge in [0.2, 0.25) is 0 Å². The van der Waals surface area contributed by atoms with E-state index in [-0.39, 0.29) is 0 Å². The lowest BCUT2D eigenvalue weighted by atomic mass is 9.94. The predicted octanol–water partition coefficient (Wildman–Crippen LogP) is 14.7. The van der Waals surface area contributed by atoms with E-state index in [0.29, 0.717) is 17.5 Å². The average molecular weight is 748 g/mol. The molecule has 0 saturated carbocycles. The van der Waals surface area contributed by atoms with Gasteiger partial charge in [0.25, 0.3) is 0 Å². The summed E-state index contributed by atoms with van der Waals surface area (Å²) in [6.45, 7) is 2.05. The first kappa shape index (κ1) is 33.2. The Morgan fingerprint density at radius 3 is 1.93 bits per heavy atom. The molecule has 3 heterocycles. The first-order valence-corrected chi connectivity index (χ1v) is 20.0. The number of para-hydroxylation sites is 1. The number of hydrogen-bond acceptors (Lipinski definition) is 5. The molecule has 0 N–H and O–H groups in total. The molecule has 11 rings (SSSR count). The van der Waals surface area contributed by atoms with Crippen LogP contribution in [0, 0.1) is 0 Å². The van der Waals surface area contributed by atoms with Crippen LogP contribution in [0.1, 0.15) is 12.5 Å². The topological polar surface area (TPSA) is 51.8 Å². The average Bonchev–Trinajstić information content (AvgIpc) is 3.86. The van der Waals surface area contributed by atoms with Gasteiger partial charge in [-0.25, -0.2) is 15.0 Å². The standard InChI is InChI=1S/C52H33N3OS/c1-2-13-32-14-6-8-18-37(32)34-24-26-36(27-25-34)51-53-50(35-16-4-3-5-17-35)54-52(55-51)42-30-29-40(49-46(42)41-20-10-11-22-43(41)56-49)39-21-12-23-44-48(39)47-38-19-9-7-15-33(38)28-31-45(47)57-44/h2-31H,1H3/b13-2-. The molecule has 0 radical (unpaired) electrons. The second-order valence-electron chi connectivity index (χ2n) is 14.2. The molecule has 57 heavy (non-hydrogen) atoms. The van der Waals surface area contributed by atoms with E-state index in [9.17, 15) is 0 Å². The third-order valence-electron chi connectivity index (χ3n) is 10.9. The maximum Gasteiger partial charge on any atom is 0.164 e. The highest BCUT2D eigenvalue weighted by molar-refractivity contribution is 7.26. The first-order chi connectivity index (χ1) is 28.2. The van der Waals surface area contributed by atoms with Crippen LogP contribution in [0.5, 0.6) is 0 Å². The van der Waals surface area contributed by atoms with Gasteiger partial charge in [0.05, 0.1) is 0 Å². The molecule has 0 spiro atoms. The van der Waals surface area contributed by atoms with Crippen molar-refractivity contribution in [3.05, 3.63) is 181 Å². The van der Waals surface area contributed by atoms with Crippen molar-refractivity contribution in [2.45, 2.75) is 6.92 Å². The highest BCUT2D eigenvalue weighted by Gasteiger charge is 2.23. The van der Waals surface area contributed by atoms with E-state index < -0.39 is 0 Å². The second-order valence-corrected chi connectivity index (χ2v) is 15.3. The lowest BCUT2D eigenvalue weighted by Crippen LogP contribution is -2.00. The zero-order valence-electron chi connectivity index (χ0n) is 31.0. The van der Waals surface area contributed by atoms with E-state index in [1.807, 2.05) is 60.7 Å². The van der Waals surface area contributed by atoms with E-state index >= 15 is 0 Å². The van der Waals surface area contributed by atoms with E-state index in [1.165, 1.54) is 42.1 Å². The summed E-state index contributed by atoms with van der Waals surface area (Å²) in [5.41, 5.74) is 10.0. The number of nitrogens with zero attached hydrogens (tertiary/aromatic N) is 3. The molecule has 11 aromatic rings. The zero-order valence-corrected chi connectivity index (χ0v) is 31.8. The molecule has 8 aromatic carbocycles. The highest BCUT2D eigenvalue weighted by Crippen LogP contribution is 2.47. The first-order valence-electron chi connectivity index (χ1n) is 19.1. The molecule has 5 heteroatoms. The molecule has 0 aliphatic heterocycles. The van der Waals surface area contributed by atoms with Crippen LogP contribution in [0.15, 0.2) is 180 Å². The van der Waals surface area contributed by atoms with Crippen molar-refractivity contribution in [2.24, 2.45) is 0 Å². The van der Waals surface area contributed by atoms with Gasteiger partial charge in [-0.2, -0.15) is 0 Å². The molecule has 268 valence electrons. The van der Waals surface area contributed by atoms with Crippen molar-refractivity contribution in [2.75, 3.05) is 0 Å². The van der Waals surface area contributed by atoms with Gasteiger partial charge in [-0.3, -0.25) is 0 Å². The summed E-state index contributed by atoms with van der Waals surface area (Å²) in [7, 11) is 0. The Hall–Kier alpha value is -7.21. The van der Waals surface area contributed by atoms with Crippen molar-refractivity contribution in [3.8, 4) is 56.4 Å². The molecule has 0 atom stereocenters. The Kier molecular flexibility index (Phi) is 7.86. The van der Waals surface area contributed by atoms with E-state index in [4.69, 9.17) is 19.4 Å². The van der Waals surface area contributed by atoms with Crippen LogP contribution in [0.3, 0.4) is 0 Å². The van der Waals surface area contributed by atoms with Gasteiger partial charge in [0.1, 0.15) is 11.2 Å². The maximum absolute atomic E-state index is 6.86. The number of hydrogen-bond donors (Lipinski definition) is 0. The monoisotopic (exact) mass is 747 g/mol. The number of thiophene rings is 1. The highest BCUT2D eigenvalue weighted by atomic mass is 32.1. The minimum absolute atomic E-state index is 0.592. The Bertz CT molecular complexity index is 3360.